The van der Waals surface area contributed by atoms with Crippen molar-refractivity contribution in [2.24, 2.45) is 10.9 Å². The van der Waals surface area contributed by atoms with E-state index < -0.39 is 0 Å². The maximum absolute atomic E-state index is 8.70. The largest absolute Gasteiger partial charge is 0.497 e. The van der Waals surface area contributed by atoms with E-state index in [-0.39, 0.29) is 17.5 Å². The smallest absolute Gasteiger partial charge is 0.322 e. The van der Waals surface area contributed by atoms with Gasteiger partial charge < -0.3 is 20.4 Å². The number of methoxy groups -OCH3 is 1. The van der Waals surface area contributed by atoms with Gasteiger partial charge in [-0.05, 0) is 47.1 Å². The zero-order chi connectivity index (χ0) is 15.4. The highest BCUT2D eigenvalue weighted by Gasteiger charge is 2.10. The van der Waals surface area contributed by atoms with Crippen molar-refractivity contribution in [3.8, 4) is 17.5 Å². The highest BCUT2D eigenvalue weighted by molar-refractivity contribution is 9.10. The van der Waals surface area contributed by atoms with Gasteiger partial charge in [-0.3, -0.25) is 0 Å². The minimum Gasteiger partial charge on any atom is -0.497 e. The van der Waals surface area contributed by atoms with Crippen LogP contribution in [0.2, 0.25) is 0 Å². The van der Waals surface area contributed by atoms with Crippen LogP contribution < -0.4 is 15.2 Å². The van der Waals surface area contributed by atoms with Gasteiger partial charge in [0.2, 0.25) is 0 Å². The molecule has 1 heterocycles. The van der Waals surface area contributed by atoms with E-state index in [0.29, 0.717) is 21.7 Å². The van der Waals surface area contributed by atoms with Crippen LogP contribution in [0.3, 0.4) is 0 Å². The van der Waals surface area contributed by atoms with Gasteiger partial charge in [0.15, 0.2) is 5.84 Å². The molecule has 0 saturated heterocycles. The summed E-state index contributed by atoms with van der Waals surface area (Å²) >= 11 is 3.38. The number of nitrogens with zero attached hydrogens (tertiary/aromatic N) is 3. The van der Waals surface area contributed by atoms with Crippen LogP contribution in [0.5, 0.6) is 17.5 Å². The van der Waals surface area contributed by atoms with Crippen LogP contribution in [0.1, 0.15) is 11.4 Å². The van der Waals surface area contributed by atoms with E-state index in [1.54, 1.807) is 38.3 Å². The van der Waals surface area contributed by atoms with E-state index in [1.807, 2.05) is 0 Å². The van der Waals surface area contributed by atoms with Crippen molar-refractivity contribution in [2.75, 3.05) is 7.11 Å². The second-order valence-electron chi connectivity index (χ2n) is 4.06. The first-order chi connectivity index (χ1) is 10.0. The Balaban J connectivity index is 2.33. The van der Waals surface area contributed by atoms with E-state index in [2.05, 4.69) is 31.1 Å². The number of hydrogen-bond donors (Lipinski definition) is 2. The van der Waals surface area contributed by atoms with Crippen molar-refractivity contribution in [2.45, 2.75) is 6.92 Å². The highest BCUT2D eigenvalue weighted by atomic mass is 79.9. The van der Waals surface area contributed by atoms with Crippen molar-refractivity contribution in [1.82, 2.24) is 9.97 Å². The number of amidine groups is 1. The van der Waals surface area contributed by atoms with Gasteiger partial charge >= 0.3 is 6.01 Å². The molecule has 0 aliphatic carbocycles. The summed E-state index contributed by atoms with van der Waals surface area (Å²) in [4.78, 5) is 8.23. The number of oxime groups is 1. The summed E-state index contributed by atoms with van der Waals surface area (Å²) in [5.41, 5.74) is 6.43. The van der Waals surface area contributed by atoms with E-state index in [9.17, 15) is 0 Å². The quantitative estimate of drug-likeness (QED) is 0.379. The summed E-state index contributed by atoms with van der Waals surface area (Å²) in [6.07, 6.45) is 0. The first kappa shape index (κ1) is 15.0. The monoisotopic (exact) mass is 352 g/mol. The Bertz CT molecular complexity index is 691. The van der Waals surface area contributed by atoms with Crippen molar-refractivity contribution in [3.05, 3.63) is 40.1 Å². The van der Waals surface area contributed by atoms with Gasteiger partial charge in [-0.1, -0.05) is 5.16 Å². The molecule has 3 N–H and O–H groups in total. The molecule has 0 amide bonds. The van der Waals surface area contributed by atoms with Gasteiger partial charge in [-0.2, -0.15) is 4.98 Å². The van der Waals surface area contributed by atoms with E-state index in [1.165, 1.54) is 0 Å². The molecular weight excluding hydrogens is 340 g/mol. The number of halogens is 1. The van der Waals surface area contributed by atoms with Crippen LogP contribution in [0.25, 0.3) is 0 Å². The molecule has 0 aliphatic heterocycles. The van der Waals surface area contributed by atoms with Crippen molar-refractivity contribution in [1.29, 1.82) is 0 Å². The Morgan fingerprint density at radius 3 is 2.71 bits per heavy atom. The molecule has 2 aromatic rings. The van der Waals surface area contributed by atoms with Crippen molar-refractivity contribution < 1.29 is 14.7 Å². The predicted molar refractivity (Wildman–Crippen MR) is 80.0 cm³/mol. The first-order valence-electron chi connectivity index (χ1n) is 5.88. The van der Waals surface area contributed by atoms with Gasteiger partial charge in [0.25, 0.3) is 0 Å². The fraction of sp³-hybridized carbons (Fsp3) is 0.154. The molecule has 0 spiro atoms. The lowest BCUT2D eigenvalue weighted by Gasteiger charge is -2.09. The maximum Gasteiger partial charge on any atom is 0.322 e. The van der Waals surface area contributed by atoms with Crippen LogP contribution in [0.15, 0.2) is 33.9 Å². The molecule has 0 fully saturated rings. The summed E-state index contributed by atoms with van der Waals surface area (Å²) < 4.78 is 11.4. The van der Waals surface area contributed by atoms with Crippen LogP contribution in [0.4, 0.5) is 0 Å². The summed E-state index contributed by atoms with van der Waals surface area (Å²) in [6, 6.07) is 6.92. The Labute approximate surface area is 129 Å². The van der Waals surface area contributed by atoms with Crippen molar-refractivity contribution >= 4 is 21.8 Å². The van der Waals surface area contributed by atoms with Crippen molar-refractivity contribution in [3.63, 3.8) is 0 Å². The average molecular weight is 353 g/mol. The Morgan fingerprint density at radius 2 is 2.10 bits per heavy atom. The molecule has 1 aromatic heterocycles. The SMILES string of the molecule is COc1ccc(Oc2nc(C)cc(/C(N)=N/O)n2)c(Br)c1. The number of nitrogens with two attached hydrogens (primary N) is 1. The topological polar surface area (TPSA) is 103 Å². The lowest BCUT2D eigenvalue weighted by atomic mass is 10.3. The molecule has 1 aromatic carbocycles. The molecule has 7 nitrogen and oxygen atoms in total. The number of aryl methyl sites for hydroxylation is 1. The minimum absolute atomic E-state index is 0.0995. The second-order valence-corrected chi connectivity index (χ2v) is 4.92. The standard InChI is InChI=1S/C13H13BrN4O3/c1-7-5-10(12(15)18-19)17-13(16-7)21-11-4-3-8(20-2)6-9(11)14/h3-6,19H,1-2H3,(H2,15,18). The molecule has 0 atom stereocenters. The number of aromatic nitrogens is 2. The molecule has 8 heteroatoms. The van der Waals surface area contributed by atoms with Crippen LogP contribution in [-0.2, 0) is 0 Å². The highest BCUT2D eigenvalue weighted by Crippen LogP contribution is 2.31. The average Bonchev–Trinajstić information content (AvgIpc) is 2.47. The number of rotatable bonds is 4. The zero-order valence-electron chi connectivity index (χ0n) is 11.4. The summed E-state index contributed by atoms with van der Waals surface area (Å²) in [6.45, 7) is 1.76. The number of hydrogen-bond acceptors (Lipinski definition) is 6. The molecule has 0 aliphatic rings. The van der Waals surface area contributed by atoms with E-state index in [0.717, 1.165) is 0 Å². The zero-order valence-corrected chi connectivity index (χ0v) is 13.0. The number of ether oxygens (including phenoxy) is 2. The molecular formula is C13H13BrN4O3. The first-order valence-corrected chi connectivity index (χ1v) is 6.67. The molecule has 0 radical (unpaired) electrons. The summed E-state index contributed by atoms with van der Waals surface area (Å²) in [5, 5.41) is 11.6. The van der Waals surface area contributed by atoms with Gasteiger partial charge in [0.1, 0.15) is 17.2 Å². The molecule has 21 heavy (non-hydrogen) atoms. The normalized spacial score (nSPS) is 11.3. The maximum atomic E-state index is 8.70. The third kappa shape index (κ3) is 3.60. The second kappa shape index (κ2) is 6.40. The van der Waals surface area contributed by atoms with Crippen LogP contribution in [-0.4, -0.2) is 28.1 Å². The molecule has 0 bridgehead atoms. The fourth-order valence-corrected chi connectivity index (χ4v) is 2.00. The van der Waals surface area contributed by atoms with Gasteiger partial charge in [0.05, 0.1) is 11.6 Å². The van der Waals surface area contributed by atoms with E-state index in [4.69, 9.17) is 20.4 Å². The Hall–Kier alpha value is -2.35. The van der Waals surface area contributed by atoms with Crippen LogP contribution >= 0.6 is 15.9 Å². The summed E-state index contributed by atoms with van der Waals surface area (Å²) in [5.74, 6) is 1.10. The van der Waals surface area contributed by atoms with Gasteiger partial charge in [-0.25, -0.2) is 4.98 Å². The molecule has 0 unspecified atom stereocenters. The Kier molecular flexibility index (Phi) is 4.59. The molecule has 0 saturated carbocycles. The Morgan fingerprint density at radius 1 is 1.33 bits per heavy atom. The van der Waals surface area contributed by atoms with Crippen LogP contribution in [0, 0.1) is 6.92 Å². The number of benzene rings is 1. The molecule has 2 rings (SSSR count). The third-order valence-corrected chi connectivity index (χ3v) is 3.16. The lowest BCUT2D eigenvalue weighted by molar-refractivity contribution is 0.318. The third-order valence-electron chi connectivity index (χ3n) is 2.54. The van der Waals surface area contributed by atoms with E-state index >= 15 is 0 Å². The summed E-state index contributed by atoms with van der Waals surface area (Å²) in [7, 11) is 1.58. The predicted octanol–water partition coefficient (Wildman–Crippen LogP) is 2.44. The lowest BCUT2D eigenvalue weighted by Crippen LogP contribution is -2.16. The van der Waals surface area contributed by atoms with Gasteiger partial charge in [-0.15, -0.1) is 0 Å². The molecule has 110 valence electrons. The van der Waals surface area contributed by atoms with Gasteiger partial charge in [0, 0.05) is 5.69 Å². The fourth-order valence-electron chi connectivity index (χ4n) is 1.56. The minimum atomic E-state index is -0.112.